The number of rotatable bonds is 3. The summed E-state index contributed by atoms with van der Waals surface area (Å²) in [5.41, 5.74) is -0.243. The summed E-state index contributed by atoms with van der Waals surface area (Å²) in [6, 6.07) is -0.768. The van der Waals surface area contributed by atoms with E-state index in [9.17, 15) is 9.59 Å². The van der Waals surface area contributed by atoms with Gasteiger partial charge in [-0.15, -0.1) is 0 Å². The van der Waals surface area contributed by atoms with Crippen LogP contribution >= 0.6 is 0 Å². The smallest absolute Gasteiger partial charge is 0.245 e. The van der Waals surface area contributed by atoms with Crippen molar-refractivity contribution in [3.05, 3.63) is 0 Å². The lowest BCUT2D eigenvalue weighted by Crippen LogP contribution is -2.66. The molecule has 2 amide bonds. The molecule has 104 valence electrons. The van der Waals surface area contributed by atoms with E-state index in [0.717, 1.165) is 6.42 Å². The van der Waals surface area contributed by atoms with Crippen LogP contribution in [0.5, 0.6) is 0 Å². The molecule has 0 saturated carbocycles. The van der Waals surface area contributed by atoms with Crippen molar-refractivity contribution < 1.29 is 9.59 Å². The van der Waals surface area contributed by atoms with Gasteiger partial charge < -0.3 is 10.2 Å². The van der Waals surface area contributed by atoms with E-state index < -0.39 is 6.04 Å². The van der Waals surface area contributed by atoms with Crippen LogP contribution in [0.3, 0.4) is 0 Å². The third-order valence-corrected chi connectivity index (χ3v) is 3.60. The number of hydrogen-bond donors (Lipinski definition) is 1. The van der Waals surface area contributed by atoms with Crippen LogP contribution in [0.2, 0.25) is 0 Å². The van der Waals surface area contributed by atoms with Crippen LogP contribution in [0.1, 0.15) is 48.0 Å². The molecule has 1 N–H and O–H groups in total. The first kappa shape index (κ1) is 15.0. The van der Waals surface area contributed by atoms with Crippen LogP contribution in [0, 0.1) is 11.3 Å². The van der Waals surface area contributed by atoms with E-state index in [1.54, 1.807) is 11.8 Å². The number of nitrogens with one attached hydrogen (secondary N) is 1. The molecule has 18 heavy (non-hydrogen) atoms. The second kappa shape index (κ2) is 5.29. The van der Waals surface area contributed by atoms with Crippen LogP contribution < -0.4 is 5.32 Å². The van der Waals surface area contributed by atoms with Gasteiger partial charge in [-0.2, -0.15) is 0 Å². The number of carbonyl (C=O) groups is 2. The van der Waals surface area contributed by atoms with Gasteiger partial charge in [0, 0.05) is 6.54 Å². The summed E-state index contributed by atoms with van der Waals surface area (Å²) >= 11 is 0. The Hall–Kier alpha value is -1.06. The normalized spacial score (nSPS) is 27.1. The largest absolute Gasteiger partial charge is 0.343 e. The van der Waals surface area contributed by atoms with Gasteiger partial charge in [-0.1, -0.05) is 41.0 Å². The first-order valence-electron chi connectivity index (χ1n) is 6.79. The van der Waals surface area contributed by atoms with Crippen molar-refractivity contribution in [2.24, 2.45) is 11.3 Å². The van der Waals surface area contributed by atoms with Gasteiger partial charge in [0.25, 0.3) is 0 Å². The van der Waals surface area contributed by atoms with E-state index in [0.29, 0.717) is 12.5 Å². The number of hydrogen-bond acceptors (Lipinski definition) is 2. The minimum Gasteiger partial charge on any atom is -0.343 e. The van der Waals surface area contributed by atoms with Crippen LogP contribution in [0.4, 0.5) is 0 Å². The topological polar surface area (TPSA) is 49.4 Å². The molecule has 1 rings (SSSR count). The molecule has 1 fully saturated rings. The van der Waals surface area contributed by atoms with Crippen LogP contribution in [-0.4, -0.2) is 35.3 Å². The van der Waals surface area contributed by atoms with E-state index in [4.69, 9.17) is 0 Å². The van der Waals surface area contributed by atoms with Gasteiger partial charge in [-0.25, -0.2) is 0 Å². The van der Waals surface area contributed by atoms with E-state index in [1.807, 2.05) is 20.8 Å². The molecule has 1 saturated heterocycles. The fourth-order valence-electron chi connectivity index (χ4n) is 2.39. The number of piperazine rings is 1. The van der Waals surface area contributed by atoms with Gasteiger partial charge in [0.15, 0.2) is 0 Å². The zero-order chi connectivity index (χ0) is 14.1. The molecule has 4 nitrogen and oxygen atoms in total. The molecule has 1 aliphatic rings. The van der Waals surface area contributed by atoms with Gasteiger partial charge in [0.1, 0.15) is 12.1 Å². The Morgan fingerprint density at radius 2 is 1.89 bits per heavy atom. The Bertz CT molecular complexity index is 333. The molecule has 0 spiro atoms. The molecule has 0 aromatic rings. The Labute approximate surface area is 110 Å². The SMILES string of the molecule is CCC(C)CN1C(=O)C(C)NC(=O)C1C(C)(C)C. The maximum absolute atomic E-state index is 12.3. The summed E-state index contributed by atoms with van der Waals surface area (Å²) in [7, 11) is 0. The minimum atomic E-state index is -0.403. The molecule has 0 aliphatic carbocycles. The third kappa shape index (κ3) is 3.03. The van der Waals surface area contributed by atoms with Gasteiger partial charge in [0.2, 0.25) is 11.8 Å². The molecule has 1 aliphatic heterocycles. The Morgan fingerprint density at radius 1 is 1.33 bits per heavy atom. The molecule has 3 unspecified atom stereocenters. The number of carbonyl (C=O) groups excluding carboxylic acids is 2. The van der Waals surface area contributed by atoms with Crippen molar-refractivity contribution in [3.63, 3.8) is 0 Å². The third-order valence-electron chi connectivity index (χ3n) is 3.60. The summed E-state index contributed by atoms with van der Waals surface area (Å²) in [6.07, 6.45) is 1.01. The van der Waals surface area contributed by atoms with Crippen molar-refractivity contribution in [1.29, 1.82) is 0 Å². The average molecular weight is 254 g/mol. The van der Waals surface area contributed by atoms with Crippen molar-refractivity contribution in [2.75, 3.05) is 6.54 Å². The highest BCUT2D eigenvalue weighted by Crippen LogP contribution is 2.28. The van der Waals surface area contributed by atoms with Gasteiger partial charge >= 0.3 is 0 Å². The second-order valence-electron chi connectivity index (χ2n) is 6.50. The summed E-state index contributed by atoms with van der Waals surface area (Å²) in [5, 5.41) is 2.78. The van der Waals surface area contributed by atoms with Gasteiger partial charge in [-0.3, -0.25) is 9.59 Å². The predicted molar refractivity (Wildman–Crippen MR) is 72.0 cm³/mol. The molecule has 0 bridgehead atoms. The van der Waals surface area contributed by atoms with Crippen molar-refractivity contribution in [3.8, 4) is 0 Å². The number of amides is 2. The lowest BCUT2D eigenvalue weighted by molar-refractivity contribution is -0.154. The van der Waals surface area contributed by atoms with Crippen LogP contribution in [0.25, 0.3) is 0 Å². The van der Waals surface area contributed by atoms with Crippen LogP contribution in [-0.2, 0) is 9.59 Å². The second-order valence-corrected chi connectivity index (χ2v) is 6.50. The number of nitrogens with zero attached hydrogens (tertiary/aromatic N) is 1. The fraction of sp³-hybridized carbons (Fsp3) is 0.857. The first-order valence-corrected chi connectivity index (χ1v) is 6.79. The average Bonchev–Trinajstić information content (AvgIpc) is 2.23. The zero-order valence-corrected chi connectivity index (χ0v) is 12.4. The standard InChI is InChI=1S/C14H26N2O2/c1-7-9(2)8-16-11(14(4,5)6)12(17)15-10(3)13(16)18/h9-11H,7-8H2,1-6H3,(H,15,17). The highest BCUT2D eigenvalue weighted by atomic mass is 16.2. The van der Waals surface area contributed by atoms with Crippen molar-refractivity contribution in [1.82, 2.24) is 10.2 Å². The zero-order valence-electron chi connectivity index (χ0n) is 12.4. The van der Waals surface area contributed by atoms with Gasteiger partial charge in [0.05, 0.1) is 0 Å². The lowest BCUT2D eigenvalue weighted by Gasteiger charge is -2.45. The summed E-state index contributed by atoms with van der Waals surface area (Å²) in [5.74, 6) is 0.421. The van der Waals surface area contributed by atoms with Crippen LogP contribution in [0.15, 0.2) is 0 Å². The summed E-state index contributed by atoms with van der Waals surface area (Å²) in [6.45, 7) is 12.6. The van der Waals surface area contributed by atoms with E-state index in [-0.39, 0.29) is 23.3 Å². The highest BCUT2D eigenvalue weighted by Gasteiger charge is 2.44. The minimum absolute atomic E-state index is 0.0297. The molecule has 3 atom stereocenters. The quantitative estimate of drug-likeness (QED) is 0.835. The molecular weight excluding hydrogens is 228 g/mol. The maximum Gasteiger partial charge on any atom is 0.245 e. The maximum atomic E-state index is 12.3. The highest BCUT2D eigenvalue weighted by molar-refractivity contribution is 5.97. The molecular formula is C14H26N2O2. The summed E-state index contributed by atoms with van der Waals surface area (Å²) < 4.78 is 0. The van der Waals surface area contributed by atoms with E-state index in [2.05, 4.69) is 19.2 Å². The Kier molecular flexibility index (Phi) is 4.41. The monoisotopic (exact) mass is 254 g/mol. The predicted octanol–water partition coefficient (Wildman–Crippen LogP) is 1.79. The molecule has 0 radical (unpaired) electrons. The Morgan fingerprint density at radius 3 is 2.33 bits per heavy atom. The molecule has 0 aromatic carbocycles. The molecule has 1 heterocycles. The first-order chi connectivity index (χ1) is 8.18. The van der Waals surface area contributed by atoms with Gasteiger partial charge in [-0.05, 0) is 18.3 Å². The van der Waals surface area contributed by atoms with E-state index in [1.165, 1.54) is 0 Å². The Balaban J connectivity index is 3.01. The lowest BCUT2D eigenvalue weighted by atomic mass is 9.82. The van der Waals surface area contributed by atoms with E-state index >= 15 is 0 Å². The fourth-order valence-corrected chi connectivity index (χ4v) is 2.39. The molecule has 4 heteroatoms. The summed E-state index contributed by atoms with van der Waals surface area (Å²) in [4.78, 5) is 26.2. The van der Waals surface area contributed by atoms with Crippen molar-refractivity contribution in [2.45, 2.75) is 60.0 Å². The molecule has 0 aromatic heterocycles. The van der Waals surface area contributed by atoms with Crippen molar-refractivity contribution >= 4 is 11.8 Å².